The average molecular weight is 264 g/mol. The summed E-state index contributed by atoms with van der Waals surface area (Å²) >= 11 is 0. The van der Waals surface area contributed by atoms with Crippen molar-refractivity contribution in [3.05, 3.63) is 29.3 Å². The second-order valence-corrected chi connectivity index (χ2v) is 4.90. The largest absolute Gasteiger partial charge is 0.481 e. The first-order valence-electron chi connectivity index (χ1n) is 6.43. The third-order valence-electron chi connectivity index (χ3n) is 2.87. The molecular weight excluding hydrogens is 244 g/mol. The summed E-state index contributed by atoms with van der Waals surface area (Å²) in [5.41, 5.74) is 2.01. The standard InChI is InChI=1S/C15H20O4/c1-10(2)12-8-7-11(3)13(9-12)19-15(18)6-4-5-14(16)17/h7-10H,4-6H2,1-3H3,(H,16,17). The molecule has 0 fully saturated rings. The number of carbonyl (C=O) groups is 2. The molecular formula is C15H20O4. The van der Waals surface area contributed by atoms with Gasteiger partial charge < -0.3 is 9.84 Å². The number of esters is 1. The van der Waals surface area contributed by atoms with Gasteiger partial charge in [0.1, 0.15) is 5.75 Å². The summed E-state index contributed by atoms with van der Waals surface area (Å²) in [6.45, 7) is 6.02. The Morgan fingerprint density at radius 1 is 1.26 bits per heavy atom. The molecule has 0 heterocycles. The van der Waals surface area contributed by atoms with E-state index < -0.39 is 5.97 Å². The molecule has 0 aliphatic carbocycles. The Balaban J connectivity index is 2.63. The Morgan fingerprint density at radius 3 is 2.53 bits per heavy atom. The number of carboxylic acid groups (broad SMARTS) is 1. The molecule has 0 bridgehead atoms. The van der Waals surface area contributed by atoms with Crippen molar-refractivity contribution in [1.29, 1.82) is 0 Å². The number of aryl methyl sites for hydroxylation is 1. The third kappa shape index (κ3) is 5.12. The number of carbonyl (C=O) groups excluding carboxylic acids is 1. The zero-order valence-corrected chi connectivity index (χ0v) is 11.6. The topological polar surface area (TPSA) is 63.6 Å². The van der Waals surface area contributed by atoms with Gasteiger partial charge in [0.2, 0.25) is 0 Å². The van der Waals surface area contributed by atoms with Gasteiger partial charge in [0.15, 0.2) is 0 Å². The molecule has 0 amide bonds. The maximum Gasteiger partial charge on any atom is 0.311 e. The quantitative estimate of drug-likeness (QED) is 0.632. The van der Waals surface area contributed by atoms with Gasteiger partial charge in [0, 0.05) is 12.8 Å². The van der Waals surface area contributed by atoms with Crippen molar-refractivity contribution in [1.82, 2.24) is 0 Å². The SMILES string of the molecule is Cc1ccc(C(C)C)cc1OC(=O)CCCC(=O)O. The van der Waals surface area contributed by atoms with Gasteiger partial charge in [-0.15, -0.1) is 0 Å². The minimum atomic E-state index is -0.897. The van der Waals surface area contributed by atoms with E-state index in [0.29, 0.717) is 18.1 Å². The molecule has 0 atom stereocenters. The van der Waals surface area contributed by atoms with Crippen molar-refractivity contribution in [2.75, 3.05) is 0 Å². The molecule has 0 radical (unpaired) electrons. The summed E-state index contributed by atoms with van der Waals surface area (Å²) in [5, 5.41) is 8.51. The highest BCUT2D eigenvalue weighted by Crippen LogP contribution is 2.24. The van der Waals surface area contributed by atoms with E-state index in [4.69, 9.17) is 9.84 Å². The Kier molecular flexibility index (Phi) is 5.55. The molecule has 1 aromatic rings. The highest BCUT2D eigenvalue weighted by Gasteiger charge is 2.10. The Hall–Kier alpha value is -1.84. The lowest BCUT2D eigenvalue weighted by atomic mass is 10.0. The molecule has 19 heavy (non-hydrogen) atoms. The minimum Gasteiger partial charge on any atom is -0.481 e. The average Bonchev–Trinajstić information content (AvgIpc) is 2.31. The molecule has 1 rings (SSSR count). The van der Waals surface area contributed by atoms with E-state index in [9.17, 15) is 9.59 Å². The third-order valence-corrected chi connectivity index (χ3v) is 2.87. The molecule has 0 saturated carbocycles. The summed E-state index contributed by atoms with van der Waals surface area (Å²) < 4.78 is 5.29. The monoisotopic (exact) mass is 264 g/mol. The fraction of sp³-hybridized carbons (Fsp3) is 0.467. The summed E-state index contributed by atoms with van der Waals surface area (Å²) in [6, 6.07) is 5.81. The van der Waals surface area contributed by atoms with Crippen LogP contribution in [-0.2, 0) is 9.59 Å². The van der Waals surface area contributed by atoms with E-state index >= 15 is 0 Å². The lowest BCUT2D eigenvalue weighted by Crippen LogP contribution is -2.10. The van der Waals surface area contributed by atoms with Crippen molar-refractivity contribution in [3.63, 3.8) is 0 Å². The number of benzene rings is 1. The first-order valence-corrected chi connectivity index (χ1v) is 6.43. The van der Waals surface area contributed by atoms with E-state index in [2.05, 4.69) is 13.8 Å². The lowest BCUT2D eigenvalue weighted by Gasteiger charge is -2.11. The van der Waals surface area contributed by atoms with Gasteiger partial charge >= 0.3 is 11.9 Å². The summed E-state index contributed by atoms with van der Waals surface area (Å²) in [6.07, 6.45) is 0.412. The summed E-state index contributed by atoms with van der Waals surface area (Å²) in [5.74, 6) is -0.354. The van der Waals surface area contributed by atoms with Crippen molar-refractivity contribution in [2.45, 2.75) is 46.0 Å². The molecule has 0 saturated heterocycles. The van der Waals surface area contributed by atoms with Crippen molar-refractivity contribution in [2.24, 2.45) is 0 Å². The lowest BCUT2D eigenvalue weighted by molar-refractivity contribution is -0.137. The zero-order valence-electron chi connectivity index (χ0n) is 11.6. The maximum absolute atomic E-state index is 11.6. The number of aliphatic carboxylic acids is 1. The van der Waals surface area contributed by atoms with Crippen LogP contribution < -0.4 is 4.74 Å². The van der Waals surface area contributed by atoms with E-state index in [-0.39, 0.29) is 18.8 Å². The van der Waals surface area contributed by atoms with E-state index in [1.165, 1.54) is 0 Å². The van der Waals surface area contributed by atoms with Crippen LogP contribution in [0.15, 0.2) is 18.2 Å². The zero-order chi connectivity index (χ0) is 14.4. The molecule has 0 aliphatic heterocycles. The fourth-order valence-corrected chi connectivity index (χ4v) is 1.64. The summed E-state index contributed by atoms with van der Waals surface area (Å²) in [7, 11) is 0. The Labute approximate surface area is 113 Å². The minimum absolute atomic E-state index is 0.0138. The van der Waals surface area contributed by atoms with Crippen LogP contribution in [-0.4, -0.2) is 17.0 Å². The molecule has 4 heteroatoms. The molecule has 0 unspecified atom stereocenters. The van der Waals surface area contributed by atoms with Crippen LogP contribution in [0.1, 0.15) is 50.2 Å². The highest BCUT2D eigenvalue weighted by molar-refractivity contribution is 5.74. The van der Waals surface area contributed by atoms with Crippen molar-refractivity contribution >= 4 is 11.9 Å². The van der Waals surface area contributed by atoms with Crippen LogP contribution in [0.4, 0.5) is 0 Å². The normalized spacial score (nSPS) is 10.5. The molecule has 1 N–H and O–H groups in total. The van der Waals surface area contributed by atoms with Gasteiger partial charge in [-0.2, -0.15) is 0 Å². The Morgan fingerprint density at radius 2 is 1.95 bits per heavy atom. The van der Waals surface area contributed by atoms with Crippen LogP contribution in [0.2, 0.25) is 0 Å². The number of ether oxygens (including phenoxy) is 1. The predicted molar refractivity (Wildman–Crippen MR) is 72.4 cm³/mol. The highest BCUT2D eigenvalue weighted by atomic mass is 16.5. The van der Waals surface area contributed by atoms with Crippen LogP contribution in [0.3, 0.4) is 0 Å². The van der Waals surface area contributed by atoms with Gasteiger partial charge in [-0.05, 0) is 36.5 Å². The molecule has 0 aliphatic rings. The van der Waals surface area contributed by atoms with Crippen LogP contribution in [0.25, 0.3) is 0 Å². The smallest absolute Gasteiger partial charge is 0.311 e. The number of rotatable bonds is 6. The Bertz CT molecular complexity index is 463. The number of hydrogen-bond acceptors (Lipinski definition) is 3. The van der Waals surface area contributed by atoms with Gasteiger partial charge in [0.05, 0.1) is 0 Å². The van der Waals surface area contributed by atoms with Crippen LogP contribution in [0.5, 0.6) is 5.75 Å². The fourth-order valence-electron chi connectivity index (χ4n) is 1.64. The van der Waals surface area contributed by atoms with E-state index in [0.717, 1.165) is 11.1 Å². The first-order chi connectivity index (χ1) is 8.90. The first kappa shape index (κ1) is 15.2. The van der Waals surface area contributed by atoms with Crippen LogP contribution in [0, 0.1) is 6.92 Å². The molecule has 0 aromatic heterocycles. The predicted octanol–water partition coefficient (Wildman–Crippen LogP) is 3.28. The van der Waals surface area contributed by atoms with Gasteiger partial charge in [0.25, 0.3) is 0 Å². The van der Waals surface area contributed by atoms with E-state index in [1.807, 2.05) is 25.1 Å². The van der Waals surface area contributed by atoms with Gasteiger partial charge in [-0.25, -0.2) is 0 Å². The van der Waals surface area contributed by atoms with Crippen LogP contribution >= 0.6 is 0 Å². The van der Waals surface area contributed by atoms with Crippen molar-refractivity contribution < 1.29 is 19.4 Å². The number of carboxylic acids is 1. The maximum atomic E-state index is 11.6. The molecule has 0 spiro atoms. The second-order valence-electron chi connectivity index (χ2n) is 4.90. The molecule has 104 valence electrons. The van der Waals surface area contributed by atoms with Crippen molar-refractivity contribution in [3.8, 4) is 5.75 Å². The van der Waals surface area contributed by atoms with E-state index in [1.54, 1.807) is 0 Å². The second kappa shape index (κ2) is 6.92. The molecule has 4 nitrogen and oxygen atoms in total. The summed E-state index contributed by atoms with van der Waals surface area (Å²) in [4.78, 5) is 22.0. The van der Waals surface area contributed by atoms with Gasteiger partial charge in [-0.1, -0.05) is 26.0 Å². The number of hydrogen-bond donors (Lipinski definition) is 1. The molecule has 1 aromatic carbocycles. The van der Waals surface area contributed by atoms with Gasteiger partial charge in [-0.3, -0.25) is 9.59 Å².